The van der Waals surface area contributed by atoms with E-state index < -0.39 is 0 Å². The number of likely N-dealkylation sites (tertiary alicyclic amines) is 2. The molecule has 0 bridgehead atoms. The molecule has 2 fully saturated rings. The van der Waals surface area contributed by atoms with Gasteiger partial charge in [0.25, 0.3) is 0 Å². The molecular formula is C21H28N6O2. The minimum absolute atomic E-state index is 0.127. The van der Waals surface area contributed by atoms with Crippen molar-refractivity contribution in [3.8, 4) is 5.88 Å². The zero-order chi connectivity index (χ0) is 20.1. The van der Waals surface area contributed by atoms with Gasteiger partial charge in [0, 0.05) is 68.6 Å². The maximum atomic E-state index is 12.9. The first-order valence-electron chi connectivity index (χ1n) is 10.3. The second-order valence-corrected chi connectivity index (χ2v) is 7.81. The van der Waals surface area contributed by atoms with Gasteiger partial charge in [0.2, 0.25) is 17.7 Å². The van der Waals surface area contributed by atoms with Gasteiger partial charge in [-0.05, 0) is 32.0 Å². The van der Waals surface area contributed by atoms with Crippen LogP contribution in [0.3, 0.4) is 0 Å². The summed E-state index contributed by atoms with van der Waals surface area (Å²) in [5.41, 5.74) is 6.59. The number of nitrogens with zero attached hydrogens (tertiary/aromatic N) is 5. The normalized spacial score (nSPS) is 19.2. The Morgan fingerprint density at radius 1 is 1.03 bits per heavy atom. The first-order valence-corrected chi connectivity index (χ1v) is 10.3. The van der Waals surface area contributed by atoms with Crippen molar-refractivity contribution < 1.29 is 9.53 Å². The van der Waals surface area contributed by atoms with Crippen LogP contribution in [-0.4, -0.2) is 62.9 Å². The van der Waals surface area contributed by atoms with Crippen LogP contribution in [-0.2, 0) is 11.3 Å². The van der Waals surface area contributed by atoms with E-state index in [4.69, 9.17) is 10.5 Å². The molecule has 0 aromatic carbocycles. The molecule has 2 aliphatic heterocycles. The van der Waals surface area contributed by atoms with E-state index in [0.717, 1.165) is 64.0 Å². The Morgan fingerprint density at radius 3 is 2.41 bits per heavy atom. The van der Waals surface area contributed by atoms with Crippen molar-refractivity contribution in [2.75, 3.05) is 31.9 Å². The number of carbonyl (C=O) groups is 1. The molecule has 154 valence electrons. The maximum Gasteiger partial charge on any atom is 0.225 e. The number of nitrogen functional groups attached to an aromatic ring is 1. The fourth-order valence-electron chi connectivity index (χ4n) is 4.08. The molecule has 29 heavy (non-hydrogen) atoms. The van der Waals surface area contributed by atoms with Gasteiger partial charge < -0.3 is 15.4 Å². The third-order valence-corrected chi connectivity index (χ3v) is 5.75. The average molecular weight is 396 g/mol. The summed E-state index contributed by atoms with van der Waals surface area (Å²) in [6, 6.07) is 5.68. The van der Waals surface area contributed by atoms with E-state index in [0.29, 0.717) is 17.7 Å². The van der Waals surface area contributed by atoms with Gasteiger partial charge in [-0.1, -0.05) is 6.07 Å². The van der Waals surface area contributed by atoms with Gasteiger partial charge in [-0.15, -0.1) is 0 Å². The Kier molecular flexibility index (Phi) is 6.19. The van der Waals surface area contributed by atoms with Crippen LogP contribution in [0.15, 0.2) is 36.8 Å². The number of anilines is 1. The number of amides is 1. The Hall–Kier alpha value is -2.74. The van der Waals surface area contributed by atoms with Gasteiger partial charge >= 0.3 is 0 Å². The molecule has 2 aromatic rings. The summed E-state index contributed by atoms with van der Waals surface area (Å²) < 4.78 is 5.93. The molecule has 0 aliphatic carbocycles. The summed E-state index contributed by atoms with van der Waals surface area (Å²) in [5.74, 6) is 1.39. The molecule has 0 unspecified atom stereocenters. The quantitative estimate of drug-likeness (QED) is 0.822. The minimum atomic E-state index is 0.127. The fourth-order valence-corrected chi connectivity index (χ4v) is 4.08. The minimum Gasteiger partial charge on any atom is -0.474 e. The molecule has 4 rings (SSSR count). The van der Waals surface area contributed by atoms with Crippen LogP contribution >= 0.6 is 0 Å². The second-order valence-electron chi connectivity index (χ2n) is 7.81. The van der Waals surface area contributed by atoms with Crippen LogP contribution in [0.5, 0.6) is 5.88 Å². The van der Waals surface area contributed by atoms with Crippen LogP contribution in [0, 0.1) is 5.92 Å². The van der Waals surface area contributed by atoms with Gasteiger partial charge in [0.1, 0.15) is 6.10 Å². The highest BCUT2D eigenvalue weighted by atomic mass is 16.5. The van der Waals surface area contributed by atoms with Crippen molar-refractivity contribution in [1.29, 1.82) is 0 Å². The fraction of sp³-hybridized carbons (Fsp3) is 0.524. The van der Waals surface area contributed by atoms with E-state index in [-0.39, 0.29) is 12.0 Å². The molecular weight excluding hydrogens is 368 g/mol. The van der Waals surface area contributed by atoms with Crippen molar-refractivity contribution in [1.82, 2.24) is 24.8 Å². The Morgan fingerprint density at radius 2 is 1.76 bits per heavy atom. The molecule has 4 heterocycles. The van der Waals surface area contributed by atoms with E-state index in [1.54, 1.807) is 18.6 Å². The van der Waals surface area contributed by atoms with Crippen molar-refractivity contribution in [2.45, 2.75) is 38.3 Å². The van der Waals surface area contributed by atoms with Crippen LogP contribution < -0.4 is 10.5 Å². The van der Waals surface area contributed by atoms with E-state index in [1.165, 1.54) is 0 Å². The van der Waals surface area contributed by atoms with Crippen LogP contribution in [0.4, 0.5) is 5.95 Å². The summed E-state index contributed by atoms with van der Waals surface area (Å²) in [5, 5.41) is 0. The Balaban J connectivity index is 1.20. The van der Waals surface area contributed by atoms with Crippen molar-refractivity contribution in [3.05, 3.63) is 42.4 Å². The van der Waals surface area contributed by atoms with Gasteiger partial charge in [0.05, 0.1) is 0 Å². The van der Waals surface area contributed by atoms with Gasteiger partial charge in [0.15, 0.2) is 0 Å². The van der Waals surface area contributed by atoms with Gasteiger partial charge in [-0.3, -0.25) is 9.69 Å². The summed E-state index contributed by atoms with van der Waals surface area (Å²) in [7, 11) is 0. The summed E-state index contributed by atoms with van der Waals surface area (Å²) in [6.45, 7) is 4.16. The molecule has 0 saturated carbocycles. The lowest BCUT2D eigenvalue weighted by atomic mass is 9.94. The number of carbonyl (C=O) groups excluding carboxylic acids is 1. The highest BCUT2D eigenvalue weighted by Crippen LogP contribution is 2.24. The van der Waals surface area contributed by atoms with Crippen molar-refractivity contribution in [2.24, 2.45) is 5.92 Å². The summed E-state index contributed by atoms with van der Waals surface area (Å²) in [4.78, 5) is 29.6. The molecule has 0 spiro atoms. The number of hydrogen-bond donors (Lipinski definition) is 1. The van der Waals surface area contributed by atoms with Crippen LogP contribution in [0.2, 0.25) is 0 Å². The Bertz CT molecular complexity index is 785. The van der Waals surface area contributed by atoms with E-state index >= 15 is 0 Å². The highest BCUT2D eigenvalue weighted by molar-refractivity contribution is 5.79. The molecule has 0 radical (unpaired) electrons. The second kappa shape index (κ2) is 9.17. The maximum absolute atomic E-state index is 12.9. The number of ether oxygens (including phenoxy) is 1. The topological polar surface area (TPSA) is 97.5 Å². The van der Waals surface area contributed by atoms with Gasteiger partial charge in [-0.25, -0.2) is 15.0 Å². The number of piperidine rings is 2. The number of aromatic nitrogens is 3. The molecule has 2 saturated heterocycles. The molecule has 8 nitrogen and oxygen atoms in total. The standard InChI is InChI=1S/C21H28N6O2/c22-21-24-13-16(14-25-21)15-26-9-4-17(5-10-26)20(28)27-11-6-18(7-12-27)29-19-3-1-2-8-23-19/h1-3,8,13-14,17-18H,4-7,9-12,15H2,(H2,22,24,25). The van der Waals surface area contributed by atoms with E-state index in [2.05, 4.69) is 19.9 Å². The highest BCUT2D eigenvalue weighted by Gasteiger charge is 2.31. The number of rotatable bonds is 5. The first kappa shape index (κ1) is 19.6. The molecule has 2 N–H and O–H groups in total. The zero-order valence-electron chi connectivity index (χ0n) is 16.6. The SMILES string of the molecule is Nc1ncc(CN2CCC(C(=O)N3CCC(Oc4ccccn4)CC3)CC2)cn1. The third-order valence-electron chi connectivity index (χ3n) is 5.75. The van der Waals surface area contributed by atoms with Crippen molar-refractivity contribution in [3.63, 3.8) is 0 Å². The predicted octanol–water partition coefficient (Wildman–Crippen LogP) is 1.74. The number of pyridine rings is 1. The molecule has 2 aromatic heterocycles. The third kappa shape index (κ3) is 5.20. The Labute approximate surface area is 171 Å². The molecule has 0 atom stereocenters. The van der Waals surface area contributed by atoms with Gasteiger partial charge in [-0.2, -0.15) is 0 Å². The largest absolute Gasteiger partial charge is 0.474 e. The lowest BCUT2D eigenvalue weighted by molar-refractivity contribution is -0.139. The van der Waals surface area contributed by atoms with E-state index in [9.17, 15) is 4.79 Å². The average Bonchev–Trinajstić information content (AvgIpc) is 2.77. The first-order chi connectivity index (χ1) is 14.2. The summed E-state index contributed by atoms with van der Waals surface area (Å²) in [6.07, 6.45) is 8.95. The van der Waals surface area contributed by atoms with E-state index in [1.807, 2.05) is 23.1 Å². The lowest BCUT2D eigenvalue weighted by Crippen LogP contribution is -2.47. The van der Waals surface area contributed by atoms with Crippen molar-refractivity contribution >= 4 is 11.9 Å². The molecule has 2 aliphatic rings. The molecule has 8 heteroatoms. The monoisotopic (exact) mass is 396 g/mol. The van der Waals surface area contributed by atoms with Crippen LogP contribution in [0.25, 0.3) is 0 Å². The smallest absolute Gasteiger partial charge is 0.225 e. The number of nitrogens with two attached hydrogens (primary N) is 1. The zero-order valence-corrected chi connectivity index (χ0v) is 16.6. The predicted molar refractivity (Wildman–Crippen MR) is 109 cm³/mol. The molecule has 1 amide bonds. The number of hydrogen-bond acceptors (Lipinski definition) is 7. The summed E-state index contributed by atoms with van der Waals surface area (Å²) >= 11 is 0. The lowest BCUT2D eigenvalue weighted by Gasteiger charge is -2.37. The van der Waals surface area contributed by atoms with Crippen LogP contribution in [0.1, 0.15) is 31.2 Å².